The molecule has 2 aliphatic carbocycles. The Bertz CT molecular complexity index is 6920. The van der Waals surface area contributed by atoms with Gasteiger partial charge in [0.15, 0.2) is 0 Å². The van der Waals surface area contributed by atoms with E-state index in [1.165, 1.54) is 111 Å². The van der Waals surface area contributed by atoms with Crippen molar-refractivity contribution >= 4 is 23.9 Å². The molecule has 2 atom stereocenters. The van der Waals surface area contributed by atoms with Gasteiger partial charge in [-0.1, -0.05) is 391 Å². The molecule has 150 heavy (non-hydrogen) atoms. The summed E-state index contributed by atoms with van der Waals surface area (Å²) in [6, 6.07) is 141. The molecule has 0 heterocycles. The number of carbonyl (C=O) groups excluding carboxylic acids is 4. The average Bonchev–Trinajstić information content (AvgIpc) is 1.52. The molecule has 768 valence electrons. The Morgan fingerprint density at radius 3 is 0.667 bits per heavy atom. The number of aryl methyl sites for hydroxylation is 4. The van der Waals surface area contributed by atoms with Crippen LogP contribution < -0.4 is 28.4 Å². The summed E-state index contributed by atoms with van der Waals surface area (Å²) in [4.78, 5) is 48.3. The second kappa shape index (κ2) is 49.8. The van der Waals surface area contributed by atoms with E-state index in [0.29, 0.717) is 26.4 Å². The van der Waals surface area contributed by atoms with Crippen LogP contribution in [0.25, 0.3) is 22.3 Å². The van der Waals surface area contributed by atoms with Gasteiger partial charge in [0, 0.05) is 0 Å². The molecule has 16 aromatic rings. The molecule has 2 aliphatic rings. The zero-order valence-electron chi connectivity index (χ0n) is 89.5. The van der Waals surface area contributed by atoms with Gasteiger partial charge in [0.2, 0.25) is 0 Å². The summed E-state index contributed by atoms with van der Waals surface area (Å²) in [5, 5.41) is 0. The zero-order valence-corrected chi connectivity index (χ0v) is 89.5. The molecule has 18 rings (SSSR count). The molecule has 0 aliphatic heterocycles. The van der Waals surface area contributed by atoms with E-state index in [2.05, 4.69) is 355 Å². The van der Waals surface area contributed by atoms with E-state index in [1.807, 2.05) is 142 Å². The minimum Gasteiger partial charge on any atom is -0.497 e. The van der Waals surface area contributed by atoms with Crippen molar-refractivity contribution < 1.29 is 66.5 Å². The molecule has 0 aromatic heterocycles. The third kappa shape index (κ3) is 23.6. The molecule has 0 bridgehead atoms. The van der Waals surface area contributed by atoms with E-state index >= 15 is 0 Å². The maximum atomic E-state index is 12.3. The average molecular weight is 2000 g/mol. The molecular weight excluding hydrogens is 1860 g/mol. The van der Waals surface area contributed by atoms with Crippen LogP contribution in [-0.2, 0) is 59.8 Å². The summed E-state index contributed by atoms with van der Waals surface area (Å²) in [5.41, 5.74) is 26.3. The number of benzene rings is 16. The van der Waals surface area contributed by atoms with Gasteiger partial charge in [-0.3, -0.25) is 19.2 Å². The quantitative estimate of drug-likeness (QED) is 0.0156. The van der Waals surface area contributed by atoms with Gasteiger partial charge >= 0.3 is 23.9 Å². The number of carbonyl (C=O) groups is 4. The van der Waals surface area contributed by atoms with Crippen LogP contribution in [0, 0.1) is 50.4 Å². The minimum absolute atomic E-state index is 0.0828. The van der Waals surface area contributed by atoms with Crippen LogP contribution in [0.5, 0.6) is 34.5 Å². The van der Waals surface area contributed by atoms with Gasteiger partial charge in [-0.2, -0.15) is 0 Å². The first-order valence-corrected chi connectivity index (χ1v) is 52.4. The molecule has 14 nitrogen and oxygen atoms in total. The van der Waals surface area contributed by atoms with Crippen molar-refractivity contribution in [3.8, 4) is 56.8 Å². The van der Waals surface area contributed by atoms with Gasteiger partial charge in [-0.25, -0.2) is 0 Å². The molecule has 0 N–H and O–H groups in total. The lowest BCUT2D eigenvalue weighted by molar-refractivity contribution is -0.155. The van der Waals surface area contributed by atoms with Crippen LogP contribution in [0.1, 0.15) is 206 Å². The van der Waals surface area contributed by atoms with Gasteiger partial charge < -0.3 is 47.4 Å². The lowest BCUT2D eigenvalue weighted by atomic mass is 9.65. The molecule has 16 aromatic carbocycles. The highest BCUT2D eigenvalue weighted by atomic mass is 16.6. The number of hydrogen-bond acceptors (Lipinski definition) is 14. The van der Waals surface area contributed by atoms with E-state index in [0.717, 1.165) is 82.4 Å². The molecular formula is C136H140O14. The fourth-order valence-corrected chi connectivity index (χ4v) is 20.0. The Hall–Kier alpha value is -15.8. The second-order valence-electron chi connectivity index (χ2n) is 40.0. The molecule has 0 amide bonds. The summed E-state index contributed by atoms with van der Waals surface area (Å²) in [7, 11) is 3.37. The predicted molar refractivity (Wildman–Crippen MR) is 602 cm³/mol. The predicted octanol–water partition coefficient (Wildman–Crippen LogP) is 30.1. The van der Waals surface area contributed by atoms with Gasteiger partial charge in [0.1, 0.15) is 87.4 Å². The monoisotopic (exact) mass is 2000 g/mol. The van der Waals surface area contributed by atoms with Crippen molar-refractivity contribution in [1.82, 2.24) is 0 Å². The van der Waals surface area contributed by atoms with E-state index in [1.54, 1.807) is 14.2 Å². The number of hydrogen-bond donors (Lipinski definition) is 0. The highest BCUT2D eigenvalue weighted by Crippen LogP contribution is 2.59. The molecule has 0 saturated heterocycles. The number of fused-ring (bicyclic) bond motifs is 6. The number of methoxy groups -OCH3 is 2. The van der Waals surface area contributed by atoms with Crippen LogP contribution in [0.2, 0.25) is 0 Å². The van der Waals surface area contributed by atoms with Crippen molar-refractivity contribution in [2.45, 2.75) is 144 Å². The summed E-state index contributed by atoms with van der Waals surface area (Å²) < 4.78 is 56.1. The SMILES string of the molecule is CCC(C)(C)C(=O)OCCOc1ccc(C(c2ccc(C)cc2)(c2ccc(C)cc2)c2ccc(OC)cc2)cc1.CCC(C)(C)C(=O)OCCOc1ccc(C2(c3ccccc3)c3ccccc3-c3ccccc32)cc1.CCC(C)C(=O)OCCOc1ccc(C(c2ccc(C)cc2)(c2ccc(C)cc2)c2ccc(OC)cc2)cc1.CCC(C)C(=O)OCCOc1ccc(C2(c3ccccc3)c3ccccc3-c3ccccc32)cc1. The highest BCUT2D eigenvalue weighted by Gasteiger charge is 2.49. The van der Waals surface area contributed by atoms with Gasteiger partial charge in [0.05, 0.1) is 58.5 Å². The first kappa shape index (κ1) is 108. The van der Waals surface area contributed by atoms with Gasteiger partial charge in [-0.05, 0) is 265 Å². The van der Waals surface area contributed by atoms with Crippen LogP contribution in [0.15, 0.2) is 400 Å². The fourth-order valence-electron chi connectivity index (χ4n) is 20.0. The smallest absolute Gasteiger partial charge is 0.311 e. The molecule has 0 fully saturated rings. The number of rotatable bonds is 38. The molecule has 0 spiro atoms. The lowest BCUT2D eigenvalue weighted by Gasteiger charge is -2.37. The first-order valence-electron chi connectivity index (χ1n) is 52.4. The Morgan fingerprint density at radius 1 is 0.240 bits per heavy atom. The van der Waals surface area contributed by atoms with Crippen molar-refractivity contribution in [3.63, 3.8) is 0 Å². The Morgan fingerprint density at radius 2 is 0.440 bits per heavy atom. The highest BCUT2D eigenvalue weighted by molar-refractivity contribution is 5.88. The molecule has 2 unspecified atom stereocenters. The second-order valence-corrected chi connectivity index (χ2v) is 40.0. The summed E-state index contributed by atoms with van der Waals surface area (Å²) in [5.74, 6) is 3.69. The molecule has 0 saturated carbocycles. The molecule has 0 radical (unpaired) electrons. The zero-order chi connectivity index (χ0) is 106. The van der Waals surface area contributed by atoms with Crippen LogP contribution in [-0.4, -0.2) is 91.0 Å². The van der Waals surface area contributed by atoms with Crippen LogP contribution in [0.4, 0.5) is 0 Å². The van der Waals surface area contributed by atoms with E-state index in [-0.39, 0.29) is 62.1 Å². The Kier molecular flexibility index (Phi) is 36.0. The van der Waals surface area contributed by atoms with Crippen molar-refractivity contribution in [1.29, 1.82) is 0 Å². The number of ether oxygens (including phenoxy) is 10. The minimum atomic E-state index is -0.562. The standard InChI is InChI=1S/C36H40O4.C35H38O4.C33H32O3.C32H30O3/c1-7-35(4,5)34(37)40-25-24-39-33-22-18-31(19-23-33)36(28-12-8-26(2)9-13-28,29-14-10-27(3)11-15-29)30-16-20-32(38-6)21-17-30;1-6-27(4)34(36)39-24-23-38-33-21-17-31(18-22-33)35(28-11-7-25(2)8-12-28,29-13-9-26(3)10-14-29)30-15-19-32(37-5)20-16-30;1-4-32(2,3)31(34)36-23-22-35-26-20-18-25(19-21-26)33(24-12-6-5-7-13-24)29-16-10-8-14-27(29)28-15-9-11-17-30(28)33;1-3-23(2)31(33)35-22-21-34-26-19-17-25(18-20-26)32(24-11-5-4-6-12-24)29-15-9-7-13-27(29)28-14-8-10-16-30(28)32/h8-23H,7,24-25H2,1-6H3;7-22,27H,6,23-24H2,1-5H3;5-21H,4,22-23H2,1-3H3;4-20,23H,3,21-22H2,1-2H3. The topological polar surface area (TPSA) is 161 Å². The lowest BCUT2D eigenvalue weighted by Crippen LogP contribution is -2.31. The fraction of sp³-hybridized carbons (Fsp3) is 0.265. The maximum absolute atomic E-state index is 12.3. The first-order chi connectivity index (χ1) is 72.7. The number of esters is 4. The summed E-state index contributed by atoms with van der Waals surface area (Å²) in [6.45, 7) is 29.9. The van der Waals surface area contributed by atoms with Crippen molar-refractivity contribution in [2.24, 2.45) is 22.7 Å². The third-order valence-electron chi connectivity index (χ3n) is 29.7. The molecule has 14 heteroatoms. The summed E-state index contributed by atoms with van der Waals surface area (Å²) >= 11 is 0. The van der Waals surface area contributed by atoms with E-state index < -0.39 is 32.5 Å². The van der Waals surface area contributed by atoms with Gasteiger partial charge in [0.25, 0.3) is 0 Å². The van der Waals surface area contributed by atoms with Crippen LogP contribution in [0.3, 0.4) is 0 Å². The Balaban J connectivity index is 0.000000150. The third-order valence-corrected chi connectivity index (χ3v) is 29.7. The Labute approximate surface area is 887 Å². The van der Waals surface area contributed by atoms with Crippen molar-refractivity contribution in [2.75, 3.05) is 67.1 Å². The van der Waals surface area contributed by atoms with Crippen LogP contribution >= 0.6 is 0 Å². The van der Waals surface area contributed by atoms with E-state index in [4.69, 9.17) is 47.4 Å². The maximum Gasteiger partial charge on any atom is 0.311 e. The van der Waals surface area contributed by atoms with E-state index in [9.17, 15) is 19.2 Å². The van der Waals surface area contributed by atoms with Gasteiger partial charge in [-0.15, -0.1) is 0 Å². The normalized spacial score (nSPS) is 12.7. The van der Waals surface area contributed by atoms with Crippen molar-refractivity contribution in [3.05, 3.63) is 512 Å². The summed E-state index contributed by atoms with van der Waals surface area (Å²) in [6.07, 6.45) is 3.01. The largest absolute Gasteiger partial charge is 0.497 e.